The number of hydrogen-bond donors (Lipinski definition) is 2. The normalized spacial score (nSPS) is 25.0. The maximum Gasteiger partial charge on any atom is 0.214 e. The molecule has 0 spiro atoms. The van der Waals surface area contributed by atoms with Gasteiger partial charge in [-0.3, -0.25) is 0 Å². The second kappa shape index (κ2) is 7.15. The van der Waals surface area contributed by atoms with Crippen LogP contribution in [-0.4, -0.2) is 47.8 Å². The Morgan fingerprint density at radius 1 is 1.12 bits per heavy atom. The molecule has 0 atom stereocenters. The van der Waals surface area contributed by atoms with Gasteiger partial charge >= 0.3 is 0 Å². The topological polar surface area (TPSA) is 91.0 Å². The number of nitrogens with one attached hydrogen (secondary N) is 2. The summed E-state index contributed by atoms with van der Waals surface area (Å²) in [6.45, 7) is 0. The first-order chi connectivity index (χ1) is 12.5. The second-order valence-corrected chi connectivity index (χ2v) is 9.62. The molecule has 0 unspecified atom stereocenters. The molecular formula is C18H27N5O2S. The highest BCUT2D eigenvalue weighted by Gasteiger charge is 2.33. The van der Waals surface area contributed by atoms with E-state index < -0.39 is 10.0 Å². The van der Waals surface area contributed by atoms with Gasteiger partial charge in [-0.1, -0.05) is 12.8 Å². The van der Waals surface area contributed by atoms with E-state index in [1.807, 2.05) is 12.3 Å². The molecule has 4 rings (SSSR count). The Hall–Kier alpha value is -1.67. The van der Waals surface area contributed by atoms with Gasteiger partial charge in [-0.15, -0.1) is 0 Å². The number of aromatic nitrogens is 3. The molecule has 0 aliphatic heterocycles. The summed E-state index contributed by atoms with van der Waals surface area (Å²) < 4.78 is 28.0. The molecule has 0 aromatic carbocycles. The van der Waals surface area contributed by atoms with Gasteiger partial charge in [0.15, 0.2) is 0 Å². The zero-order chi connectivity index (χ0) is 18.1. The number of fused-ring (bicyclic) bond motifs is 1. The molecule has 2 saturated carbocycles. The molecule has 8 heteroatoms. The van der Waals surface area contributed by atoms with Crippen molar-refractivity contribution in [2.24, 2.45) is 0 Å². The first kappa shape index (κ1) is 17.7. The minimum atomic E-state index is -3.16. The Balaban J connectivity index is 1.38. The van der Waals surface area contributed by atoms with Crippen LogP contribution >= 0.6 is 0 Å². The Labute approximate surface area is 154 Å². The van der Waals surface area contributed by atoms with Crippen LogP contribution in [0.3, 0.4) is 0 Å². The van der Waals surface area contributed by atoms with Gasteiger partial charge in [-0.25, -0.2) is 23.1 Å². The molecule has 2 fully saturated rings. The zero-order valence-corrected chi connectivity index (χ0v) is 16.0. The molecule has 142 valence electrons. The van der Waals surface area contributed by atoms with Crippen molar-refractivity contribution in [2.45, 2.75) is 68.7 Å². The summed E-state index contributed by atoms with van der Waals surface area (Å²) in [5.74, 6) is 0.936. The fourth-order valence-corrected chi connectivity index (χ4v) is 6.27. The van der Waals surface area contributed by atoms with E-state index in [4.69, 9.17) is 0 Å². The van der Waals surface area contributed by atoms with E-state index in [-0.39, 0.29) is 11.3 Å². The number of rotatable bonds is 5. The van der Waals surface area contributed by atoms with Crippen molar-refractivity contribution in [3.63, 3.8) is 0 Å². The summed E-state index contributed by atoms with van der Waals surface area (Å²) in [6, 6.07) is 2.45. The van der Waals surface area contributed by atoms with Crippen LogP contribution in [0.15, 0.2) is 18.6 Å². The van der Waals surface area contributed by atoms with E-state index in [9.17, 15) is 8.42 Å². The minimum Gasteiger partial charge on any atom is -0.356 e. The second-order valence-electron chi connectivity index (χ2n) is 7.62. The fraction of sp³-hybridized carbons (Fsp3) is 0.667. The third kappa shape index (κ3) is 3.44. The lowest BCUT2D eigenvalue weighted by atomic mass is 9.91. The summed E-state index contributed by atoms with van der Waals surface area (Å²) >= 11 is 0. The van der Waals surface area contributed by atoms with Crippen LogP contribution in [-0.2, 0) is 10.0 Å². The van der Waals surface area contributed by atoms with Gasteiger partial charge in [0.2, 0.25) is 10.0 Å². The van der Waals surface area contributed by atoms with Crippen LogP contribution in [0.2, 0.25) is 0 Å². The van der Waals surface area contributed by atoms with E-state index in [0.717, 1.165) is 68.2 Å². The average Bonchev–Trinajstić information content (AvgIpc) is 3.33. The van der Waals surface area contributed by atoms with Crippen molar-refractivity contribution in [1.82, 2.24) is 19.7 Å². The van der Waals surface area contributed by atoms with Crippen molar-refractivity contribution >= 4 is 26.9 Å². The van der Waals surface area contributed by atoms with Crippen LogP contribution in [0.1, 0.15) is 51.4 Å². The van der Waals surface area contributed by atoms with Crippen LogP contribution in [0.4, 0.5) is 5.82 Å². The van der Waals surface area contributed by atoms with Crippen molar-refractivity contribution in [3.05, 3.63) is 18.6 Å². The highest BCUT2D eigenvalue weighted by atomic mass is 32.2. The third-order valence-corrected chi connectivity index (χ3v) is 7.99. The molecule has 0 radical (unpaired) electrons. The summed E-state index contributed by atoms with van der Waals surface area (Å²) in [6.07, 6.45) is 10.9. The van der Waals surface area contributed by atoms with Crippen molar-refractivity contribution in [1.29, 1.82) is 0 Å². The molecule has 0 bridgehead atoms. The van der Waals surface area contributed by atoms with Gasteiger partial charge in [0.25, 0.3) is 0 Å². The van der Waals surface area contributed by atoms with E-state index >= 15 is 0 Å². The van der Waals surface area contributed by atoms with Crippen molar-refractivity contribution in [2.75, 3.05) is 11.9 Å². The van der Waals surface area contributed by atoms with Crippen LogP contribution < -0.4 is 9.62 Å². The number of aromatic amines is 1. The average molecular weight is 378 g/mol. The smallest absolute Gasteiger partial charge is 0.214 e. The van der Waals surface area contributed by atoms with Crippen molar-refractivity contribution in [3.8, 4) is 0 Å². The monoisotopic (exact) mass is 377 g/mol. The maximum atomic E-state index is 12.5. The SMILES string of the molecule is CN(c1ncnc2[nH]ccc12)C1CCC(NS(=O)(=O)C2CCCC2)CC1. The molecular weight excluding hydrogens is 350 g/mol. The first-order valence-corrected chi connectivity index (χ1v) is 11.1. The molecule has 2 aliphatic rings. The van der Waals surface area contributed by atoms with Gasteiger partial charge in [0.05, 0.1) is 10.6 Å². The Kier molecular flexibility index (Phi) is 4.88. The molecule has 7 nitrogen and oxygen atoms in total. The molecule has 2 aliphatic carbocycles. The molecule has 2 aromatic heterocycles. The van der Waals surface area contributed by atoms with Crippen LogP contribution in [0, 0.1) is 0 Å². The molecule has 0 saturated heterocycles. The van der Waals surface area contributed by atoms with Gasteiger partial charge in [-0.2, -0.15) is 0 Å². The van der Waals surface area contributed by atoms with Crippen LogP contribution in [0.25, 0.3) is 11.0 Å². The number of sulfonamides is 1. The highest BCUT2D eigenvalue weighted by molar-refractivity contribution is 7.90. The Bertz CT molecular complexity index is 851. The lowest BCUT2D eigenvalue weighted by molar-refractivity contribution is 0.364. The number of nitrogens with zero attached hydrogens (tertiary/aromatic N) is 3. The lowest BCUT2D eigenvalue weighted by Crippen LogP contribution is -2.45. The Morgan fingerprint density at radius 2 is 1.85 bits per heavy atom. The first-order valence-electron chi connectivity index (χ1n) is 9.56. The standard InChI is InChI=1S/C18H27N5O2S/c1-23(18-16-10-11-19-17(16)20-12-21-18)14-8-6-13(7-9-14)22-26(24,25)15-4-2-3-5-15/h10-15,22H,2-9H2,1H3,(H,19,20,21). The van der Waals surface area contributed by atoms with Gasteiger partial charge in [0, 0.05) is 25.3 Å². The lowest BCUT2D eigenvalue weighted by Gasteiger charge is -2.36. The van der Waals surface area contributed by atoms with E-state index in [1.165, 1.54) is 0 Å². The van der Waals surface area contributed by atoms with Crippen LogP contribution in [0.5, 0.6) is 0 Å². The largest absolute Gasteiger partial charge is 0.356 e. The Morgan fingerprint density at radius 3 is 2.58 bits per heavy atom. The molecule has 2 N–H and O–H groups in total. The third-order valence-electron chi connectivity index (χ3n) is 5.98. The summed E-state index contributed by atoms with van der Waals surface area (Å²) in [4.78, 5) is 14.1. The number of anilines is 1. The van der Waals surface area contributed by atoms with Gasteiger partial charge in [0.1, 0.15) is 17.8 Å². The minimum absolute atomic E-state index is 0.0722. The predicted octanol–water partition coefficient (Wildman–Crippen LogP) is 2.57. The van der Waals surface area contributed by atoms with Gasteiger partial charge in [-0.05, 0) is 44.6 Å². The summed E-state index contributed by atoms with van der Waals surface area (Å²) in [7, 11) is -1.09. The summed E-state index contributed by atoms with van der Waals surface area (Å²) in [5, 5.41) is 0.852. The number of hydrogen-bond acceptors (Lipinski definition) is 5. The maximum absolute atomic E-state index is 12.5. The quantitative estimate of drug-likeness (QED) is 0.836. The zero-order valence-electron chi connectivity index (χ0n) is 15.2. The highest BCUT2D eigenvalue weighted by Crippen LogP contribution is 2.30. The van der Waals surface area contributed by atoms with E-state index in [1.54, 1.807) is 6.33 Å². The van der Waals surface area contributed by atoms with E-state index in [0.29, 0.717) is 6.04 Å². The molecule has 2 heterocycles. The van der Waals surface area contributed by atoms with Crippen molar-refractivity contribution < 1.29 is 8.42 Å². The summed E-state index contributed by atoms with van der Waals surface area (Å²) in [5.41, 5.74) is 0.847. The molecule has 2 aromatic rings. The van der Waals surface area contributed by atoms with E-state index in [2.05, 4.69) is 31.6 Å². The fourth-order valence-electron chi connectivity index (χ4n) is 4.42. The molecule has 0 amide bonds. The predicted molar refractivity (Wildman–Crippen MR) is 103 cm³/mol. The van der Waals surface area contributed by atoms with Gasteiger partial charge < -0.3 is 9.88 Å². The number of H-pyrrole nitrogens is 1. The molecule has 26 heavy (non-hydrogen) atoms.